The van der Waals surface area contributed by atoms with Gasteiger partial charge in [-0.15, -0.1) is 0 Å². The highest BCUT2D eigenvalue weighted by molar-refractivity contribution is 5.07. The molecule has 0 amide bonds. The third kappa shape index (κ3) is 2.07. The summed E-state index contributed by atoms with van der Waals surface area (Å²) in [7, 11) is 0. The molecule has 2 N–H and O–H groups in total. The smallest absolute Gasteiger partial charge is 0.00742 e. The average Bonchev–Trinajstić information content (AvgIpc) is 2.20. The predicted octanol–water partition coefficient (Wildman–Crippen LogP) is 3.21. The van der Waals surface area contributed by atoms with Crippen LogP contribution in [0.3, 0.4) is 0 Å². The maximum Gasteiger partial charge on any atom is 0.00742 e. The van der Waals surface area contributed by atoms with E-state index in [1.807, 2.05) is 0 Å². The first-order valence-corrected chi connectivity index (χ1v) is 5.83. The number of rotatable bonds is 1. The van der Waals surface area contributed by atoms with E-state index in [9.17, 15) is 0 Å². The van der Waals surface area contributed by atoms with E-state index in [1.165, 1.54) is 57.1 Å². The van der Waals surface area contributed by atoms with Crippen molar-refractivity contribution < 1.29 is 0 Å². The van der Waals surface area contributed by atoms with Gasteiger partial charge in [-0.2, -0.15) is 0 Å². The van der Waals surface area contributed by atoms with Gasteiger partial charge in [0.2, 0.25) is 0 Å². The van der Waals surface area contributed by atoms with Crippen LogP contribution in [0, 0.1) is 11.8 Å². The van der Waals surface area contributed by atoms with Crippen LogP contribution in [-0.2, 0) is 0 Å². The molecule has 1 atom stereocenters. The van der Waals surface area contributed by atoms with Crippen molar-refractivity contribution in [2.24, 2.45) is 17.6 Å². The molecule has 0 bridgehead atoms. The van der Waals surface area contributed by atoms with E-state index in [0.29, 0.717) is 0 Å². The van der Waals surface area contributed by atoms with Gasteiger partial charge in [-0.3, -0.25) is 0 Å². The van der Waals surface area contributed by atoms with Crippen LogP contribution in [0.2, 0.25) is 0 Å². The highest BCUT2D eigenvalue weighted by atomic mass is 14.6. The van der Waals surface area contributed by atoms with Gasteiger partial charge in [-0.1, -0.05) is 25.3 Å². The zero-order chi connectivity index (χ0) is 9.10. The fraction of sp³-hybridized carbons (Fsp3) is 0.833. The third-order valence-electron chi connectivity index (χ3n) is 3.75. The van der Waals surface area contributed by atoms with Crippen LogP contribution in [-0.4, -0.2) is 0 Å². The van der Waals surface area contributed by atoms with Crippen LogP contribution in [0.4, 0.5) is 0 Å². The van der Waals surface area contributed by atoms with Crippen molar-refractivity contribution in [3.8, 4) is 0 Å². The Bertz CT molecular complexity index is 189. The Morgan fingerprint density at radius 1 is 1.00 bits per heavy atom. The summed E-state index contributed by atoms with van der Waals surface area (Å²) in [6.07, 6.45) is 13.4. The summed E-state index contributed by atoms with van der Waals surface area (Å²) < 4.78 is 0. The van der Waals surface area contributed by atoms with Gasteiger partial charge in [0.1, 0.15) is 0 Å². The van der Waals surface area contributed by atoms with Crippen LogP contribution in [0.15, 0.2) is 11.8 Å². The van der Waals surface area contributed by atoms with Gasteiger partial charge in [0.15, 0.2) is 0 Å². The summed E-state index contributed by atoms with van der Waals surface area (Å²) in [6, 6.07) is 0. The van der Waals surface area contributed by atoms with Gasteiger partial charge >= 0.3 is 0 Å². The minimum Gasteiger partial charge on any atom is -0.402 e. The van der Waals surface area contributed by atoms with Crippen LogP contribution in [0.1, 0.15) is 51.4 Å². The molecule has 2 aliphatic carbocycles. The Morgan fingerprint density at radius 2 is 1.77 bits per heavy atom. The van der Waals surface area contributed by atoms with Gasteiger partial charge in [0, 0.05) is 11.6 Å². The Kier molecular flexibility index (Phi) is 2.92. The first-order valence-electron chi connectivity index (χ1n) is 5.83. The largest absolute Gasteiger partial charge is 0.402 e. The summed E-state index contributed by atoms with van der Waals surface area (Å²) in [5.74, 6) is 1.67. The summed E-state index contributed by atoms with van der Waals surface area (Å²) in [5.41, 5.74) is 7.28. The highest BCUT2D eigenvalue weighted by Gasteiger charge is 2.26. The standard InChI is InChI=1S/C12H21N/c13-12-9-5-4-8-11(12)10-6-2-1-3-7-10/h9-11H,1-8,13H2. The molecular weight excluding hydrogens is 158 g/mol. The first kappa shape index (κ1) is 9.11. The molecule has 1 heteroatoms. The molecule has 0 aromatic carbocycles. The van der Waals surface area contributed by atoms with Crippen LogP contribution in [0.25, 0.3) is 0 Å². The van der Waals surface area contributed by atoms with Crippen molar-refractivity contribution >= 4 is 0 Å². The first-order chi connectivity index (χ1) is 6.38. The van der Waals surface area contributed by atoms with E-state index < -0.39 is 0 Å². The summed E-state index contributed by atoms with van der Waals surface area (Å²) >= 11 is 0. The zero-order valence-corrected chi connectivity index (χ0v) is 8.47. The summed E-state index contributed by atoms with van der Waals surface area (Å²) in [6.45, 7) is 0. The van der Waals surface area contributed by atoms with Gasteiger partial charge in [-0.05, 0) is 38.0 Å². The molecule has 1 nitrogen and oxygen atoms in total. The normalized spacial score (nSPS) is 31.4. The van der Waals surface area contributed by atoms with E-state index in [4.69, 9.17) is 5.73 Å². The van der Waals surface area contributed by atoms with Crippen molar-refractivity contribution in [1.29, 1.82) is 0 Å². The SMILES string of the molecule is NC1=CCCCC1C1CCCCC1. The van der Waals surface area contributed by atoms with Crippen LogP contribution >= 0.6 is 0 Å². The van der Waals surface area contributed by atoms with Crippen molar-refractivity contribution in [1.82, 2.24) is 0 Å². The van der Waals surface area contributed by atoms with Gasteiger partial charge in [0.25, 0.3) is 0 Å². The quantitative estimate of drug-likeness (QED) is 0.657. The minimum absolute atomic E-state index is 0.744. The number of hydrogen-bond acceptors (Lipinski definition) is 1. The molecule has 0 spiro atoms. The van der Waals surface area contributed by atoms with E-state index in [1.54, 1.807) is 0 Å². The fourth-order valence-corrected chi connectivity index (χ4v) is 2.97. The second-order valence-electron chi connectivity index (χ2n) is 4.64. The summed E-state index contributed by atoms with van der Waals surface area (Å²) in [5, 5.41) is 0. The Labute approximate surface area is 81.4 Å². The average molecular weight is 179 g/mol. The molecule has 0 aromatic heterocycles. The minimum atomic E-state index is 0.744. The number of hydrogen-bond donors (Lipinski definition) is 1. The van der Waals surface area contributed by atoms with Crippen LogP contribution in [0.5, 0.6) is 0 Å². The monoisotopic (exact) mass is 179 g/mol. The molecule has 74 valence electrons. The van der Waals surface area contributed by atoms with E-state index in [0.717, 1.165) is 11.8 Å². The lowest BCUT2D eigenvalue weighted by atomic mass is 9.75. The van der Waals surface area contributed by atoms with Gasteiger partial charge in [-0.25, -0.2) is 0 Å². The lowest BCUT2D eigenvalue weighted by Gasteiger charge is -2.32. The van der Waals surface area contributed by atoms with E-state index in [-0.39, 0.29) is 0 Å². The second kappa shape index (κ2) is 4.17. The van der Waals surface area contributed by atoms with E-state index >= 15 is 0 Å². The predicted molar refractivity (Wildman–Crippen MR) is 56.2 cm³/mol. The van der Waals surface area contributed by atoms with Gasteiger partial charge in [0.05, 0.1) is 0 Å². The molecular formula is C12H21N. The number of nitrogens with two attached hydrogens (primary N) is 1. The Hall–Kier alpha value is -0.460. The van der Waals surface area contributed by atoms with E-state index in [2.05, 4.69) is 6.08 Å². The third-order valence-corrected chi connectivity index (χ3v) is 3.75. The number of allylic oxidation sites excluding steroid dienone is 2. The molecule has 0 heterocycles. The zero-order valence-electron chi connectivity index (χ0n) is 8.47. The second-order valence-corrected chi connectivity index (χ2v) is 4.64. The summed E-state index contributed by atoms with van der Waals surface area (Å²) in [4.78, 5) is 0. The fourth-order valence-electron chi connectivity index (χ4n) is 2.97. The molecule has 1 saturated carbocycles. The molecule has 0 aliphatic heterocycles. The highest BCUT2D eigenvalue weighted by Crippen LogP contribution is 2.37. The maximum atomic E-state index is 6.07. The lowest BCUT2D eigenvalue weighted by Crippen LogP contribution is -2.25. The van der Waals surface area contributed by atoms with Crippen LogP contribution < -0.4 is 5.73 Å². The van der Waals surface area contributed by atoms with Gasteiger partial charge < -0.3 is 5.73 Å². The molecule has 1 unspecified atom stereocenters. The molecule has 0 saturated heterocycles. The molecule has 0 radical (unpaired) electrons. The van der Waals surface area contributed by atoms with Crippen molar-refractivity contribution in [3.63, 3.8) is 0 Å². The molecule has 0 aromatic rings. The van der Waals surface area contributed by atoms with Crippen molar-refractivity contribution in [2.45, 2.75) is 51.4 Å². The molecule has 13 heavy (non-hydrogen) atoms. The molecule has 1 fully saturated rings. The lowest BCUT2D eigenvalue weighted by molar-refractivity contribution is 0.254. The molecule has 2 rings (SSSR count). The topological polar surface area (TPSA) is 26.0 Å². The maximum absolute atomic E-state index is 6.07. The Balaban J connectivity index is 1.97. The van der Waals surface area contributed by atoms with Crippen molar-refractivity contribution in [2.75, 3.05) is 0 Å². The Morgan fingerprint density at radius 3 is 2.46 bits per heavy atom. The van der Waals surface area contributed by atoms with Crippen molar-refractivity contribution in [3.05, 3.63) is 11.8 Å². The molecule has 2 aliphatic rings.